The first kappa shape index (κ1) is 12.6. The molecule has 1 fully saturated rings. The SMILES string of the molecule is C#CC(CC)NC(=O)[C@@H]1CCC[C@@H]1C(=O)O. The van der Waals surface area contributed by atoms with Crippen molar-refractivity contribution in [1.82, 2.24) is 5.32 Å². The molecule has 0 aromatic carbocycles. The zero-order chi connectivity index (χ0) is 12.1. The van der Waals surface area contributed by atoms with Crippen molar-refractivity contribution in [2.24, 2.45) is 11.8 Å². The summed E-state index contributed by atoms with van der Waals surface area (Å²) in [5.74, 6) is 0.412. The van der Waals surface area contributed by atoms with Gasteiger partial charge in [0.15, 0.2) is 0 Å². The van der Waals surface area contributed by atoms with E-state index in [9.17, 15) is 9.59 Å². The number of carbonyl (C=O) groups is 2. The average molecular weight is 223 g/mol. The Hall–Kier alpha value is -1.50. The van der Waals surface area contributed by atoms with Crippen molar-refractivity contribution in [2.75, 3.05) is 0 Å². The molecule has 4 heteroatoms. The first-order valence-electron chi connectivity index (χ1n) is 5.59. The quantitative estimate of drug-likeness (QED) is 0.699. The van der Waals surface area contributed by atoms with E-state index in [0.29, 0.717) is 19.3 Å². The second kappa shape index (κ2) is 5.55. The molecule has 0 spiro atoms. The molecule has 1 unspecified atom stereocenters. The van der Waals surface area contributed by atoms with E-state index in [1.165, 1.54) is 0 Å². The molecule has 16 heavy (non-hydrogen) atoms. The Morgan fingerprint density at radius 3 is 2.62 bits per heavy atom. The number of carboxylic acids is 1. The van der Waals surface area contributed by atoms with Gasteiger partial charge in [-0.2, -0.15) is 0 Å². The predicted octanol–water partition coefficient (Wildman–Crippen LogP) is 1.02. The highest BCUT2D eigenvalue weighted by Gasteiger charge is 2.37. The van der Waals surface area contributed by atoms with Gasteiger partial charge in [0, 0.05) is 0 Å². The van der Waals surface area contributed by atoms with Crippen LogP contribution in [0.4, 0.5) is 0 Å². The highest BCUT2D eigenvalue weighted by atomic mass is 16.4. The number of nitrogens with one attached hydrogen (secondary N) is 1. The summed E-state index contributed by atoms with van der Waals surface area (Å²) in [5, 5.41) is 11.7. The minimum absolute atomic E-state index is 0.213. The fraction of sp³-hybridized carbons (Fsp3) is 0.667. The van der Waals surface area contributed by atoms with E-state index in [0.717, 1.165) is 6.42 Å². The normalized spacial score (nSPS) is 25.8. The Balaban J connectivity index is 2.60. The van der Waals surface area contributed by atoms with Crippen LogP contribution < -0.4 is 5.32 Å². The van der Waals surface area contributed by atoms with Gasteiger partial charge in [0.2, 0.25) is 5.91 Å². The first-order chi connectivity index (χ1) is 7.60. The van der Waals surface area contributed by atoms with Crippen molar-refractivity contribution in [3.63, 3.8) is 0 Å². The molecule has 2 N–H and O–H groups in total. The van der Waals surface area contributed by atoms with E-state index in [4.69, 9.17) is 11.5 Å². The third kappa shape index (κ3) is 2.75. The van der Waals surface area contributed by atoms with Gasteiger partial charge < -0.3 is 10.4 Å². The van der Waals surface area contributed by atoms with E-state index in [1.54, 1.807) is 0 Å². The van der Waals surface area contributed by atoms with Gasteiger partial charge in [0.1, 0.15) is 0 Å². The van der Waals surface area contributed by atoms with Gasteiger partial charge in [-0.05, 0) is 19.3 Å². The lowest BCUT2D eigenvalue weighted by Gasteiger charge is -2.18. The summed E-state index contributed by atoms with van der Waals surface area (Å²) in [6.45, 7) is 1.88. The first-order valence-corrected chi connectivity index (χ1v) is 5.59. The van der Waals surface area contributed by atoms with Crippen LogP contribution in [0.25, 0.3) is 0 Å². The molecule has 4 nitrogen and oxygen atoms in total. The second-order valence-electron chi connectivity index (χ2n) is 4.12. The summed E-state index contributed by atoms with van der Waals surface area (Å²) in [5.41, 5.74) is 0. The molecule has 0 aromatic heterocycles. The number of carbonyl (C=O) groups excluding carboxylic acids is 1. The Morgan fingerprint density at radius 1 is 1.50 bits per heavy atom. The number of carboxylic acid groups (broad SMARTS) is 1. The largest absolute Gasteiger partial charge is 0.481 e. The van der Waals surface area contributed by atoms with Crippen molar-refractivity contribution in [3.8, 4) is 12.3 Å². The van der Waals surface area contributed by atoms with Crippen molar-refractivity contribution >= 4 is 11.9 Å². The molecule has 0 aliphatic heterocycles. The number of hydrogen-bond acceptors (Lipinski definition) is 2. The summed E-state index contributed by atoms with van der Waals surface area (Å²) in [7, 11) is 0. The molecule has 1 amide bonds. The van der Waals surface area contributed by atoms with Crippen molar-refractivity contribution < 1.29 is 14.7 Å². The minimum atomic E-state index is -0.883. The molecule has 3 atom stereocenters. The maximum atomic E-state index is 11.8. The van der Waals surface area contributed by atoms with E-state index in [2.05, 4.69) is 11.2 Å². The lowest BCUT2D eigenvalue weighted by Crippen LogP contribution is -2.40. The van der Waals surface area contributed by atoms with Crippen LogP contribution in [0.3, 0.4) is 0 Å². The van der Waals surface area contributed by atoms with Crippen LogP contribution in [0, 0.1) is 24.2 Å². The van der Waals surface area contributed by atoms with E-state index >= 15 is 0 Å². The van der Waals surface area contributed by atoms with Crippen LogP contribution in [-0.4, -0.2) is 23.0 Å². The summed E-state index contributed by atoms with van der Waals surface area (Å²) in [6.07, 6.45) is 7.92. The van der Waals surface area contributed by atoms with E-state index < -0.39 is 17.8 Å². The van der Waals surface area contributed by atoms with E-state index in [1.807, 2.05) is 6.92 Å². The van der Waals surface area contributed by atoms with Crippen molar-refractivity contribution in [1.29, 1.82) is 0 Å². The fourth-order valence-electron chi connectivity index (χ4n) is 2.11. The van der Waals surface area contributed by atoms with Gasteiger partial charge in [0.05, 0.1) is 17.9 Å². The number of aliphatic carboxylic acids is 1. The molecule has 1 aliphatic carbocycles. The van der Waals surface area contributed by atoms with Gasteiger partial charge in [0.25, 0.3) is 0 Å². The van der Waals surface area contributed by atoms with Gasteiger partial charge in [-0.25, -0.2) is 0 Å². The lowest BCUT2D eigenvalue weighted by molar-refractivity contribution is -0.146. The van der Waals surface area contributed by atoms with Crippen LogP contribution in [0.1, 0.15) is 32.6 Å². The molecule has 1 saturated carbocycles. The molecule has 1 rings (SSSR count). The molecule has 0 radical (unpaired) electrons. The minimum Gasteiger partial charge on any atom is -0.481 e. The predicted molar refractivity (Wildman–Crippen MR) is 59.5 cm³/mol. The van der Waals surface area contributed by atoms with Crippen LogP contribution in [0.15, 0.2) is 0 Å². The van der Waals surface area contributed by atoms with Crippen LogP contribution >= 0.6 is 0 Å². The van der Waals surface area contributed by atoms with Crippen LogP contribution in [0.2, 0.25) is 0 Å². The molecular formula is C12H17NO3. The lowest BCUT2D eigenvalue weighted by atomic mass is 9.95. The molecule has 0 saturated heterocycles. The maximum absolute atomic E-state index is 11.8. The second-order valence-corrected chi connectivity index (χ2v) is 4.12. The van der Waals surface area contributed by atoms with Crippen molar-refractivity contribution in [2.45, 2.75) is 38.6 Å². The highest BCUT2D eigenvalue weighted by Crippen LogP contribution is 2.32. The topological polar surface area (TPSA) is 66.4 Å². The Kier molecular flexibility index (Phi) is 4.36. The molecule has 0 aromatic rings. The van der Waals surface area contributed by atoms with Crippen LogP contribution in [0.5, 0.6) is 0 Å². The number of rotatable bonds is 4. The molecule has 0 bridgehead atoms. The molecule has 1 aliphatic rings. The van der Waals surface area contributed by atoms with Gasteiger partial charge in [-0.1, -0.05) is 19.3 Å². The van der Waals surface area contributed by atoms with E-state index in [-0.39, 0.29) is 11.9 Å². The maximum Gasteiger partial charge on any atom is 0.307 e. The molecule has 88 valence electrons. The van der Waals surface area contributed by atoms with Gasteiger partial charge in [-0.15, -0.1) is 6.42 Å². The standard InChI is InChI=1S/C12H17NO3/c1-3-8(4-2)13-11(14)9-6-5-7-10(9)12(15)16/h1,8-10H,4-7H2,2H3,(H,13,14)(H,15,16)/t8?,9-,10+/m1/s1. The Morgan fingerprint density at radius 2 is 2.12 bits per heavy atom. The zero-order valence-corrected chi connectivity index (χ0v) is 9.40. The zero-order valence-electron chi connectivity index (χ0n) is 9.40. The Labute approximate surface area is 95.4 Å². The van der Waals surface area contributed by atoms with Gasteiger partial charge >= 0.3 is 5.97 Å². The summed E-state index contributed by atoms with van der Waals surface area (Å²) in [4.78, 5) is 22.7. The smallest absolute Gasteiger partial charge is 0.307 e. The fourth-order valence-corrected chi connectivity index (χ4v) is 2.11. The average Bonchev–Trinajstić information content (AvgIpc) is 2.74. The van der Waals surface area contributed by atoms with Crippen LogP contribution in [-0.2, 0) is 9.59 Å². The molecule has 0 heterocycles. The highest BCUT2D eigenvalue weighted by molar-refractivity contribution is 5.85. The summed E-state index contributed by atoms with van der Waals surface area (Å²) < 4.78 is 0. The summed E-state index contributed by atoms with van der Waals surface area (Å²) >= 11 is 0. The summed E-state index contributed by atoms with van der Waals surface area (Å²) in [6, 6.07) is -0.289. The number of terminal acetylenes is 1. The third-order valence-electron chi connectivity index (χ3n) is 3.10. The number of hydrogen-bond donors (Lipinski definition) is 2. The Bertz CT molecular complexity index is 319. The third-order valence-corrected chi connectivity index (χ3v) is 3.10. The molecular weight excluding hydrogens is 206 g/mol. The number of amides is 1. The van der Waals surface area contributed by atoms with Crippen molar-refractivity contribution in [3.05, 3.63) is 0 Å². The van der Waals surface area contributed by atoms with Gasteiger partial charge in [-0.3, -0.25) is 9.59 Å². The monoisotopic (exact) mass is 223 g/mol.